The van der Waals surface area contributed by atoms with E-state index in [-0.39, 0.29) is 6.42 Å². The lowest BCUT2D eigenvalue weighted by Gasteiger charge is -2.12. The second kappa shape index (κ2) is 8.22. The fourth-order valence-electron chi connectivity index (χ4n) is 2.20. The number of ether oxygens (including phenoxy) is 2. The molecule has 1 N–H and O–H groups in total. The molecule has 0 aliphatic heterocycles. The van der Waals surface area contributed by atoms with Crippen molar-refractivity contribution < 1.29 is 19.4 Å². The van der Waals surface area contributed by atoms with Gasteiger partial charge in [0.25, 0.3) is 0 Å². The third-order valence-corrected chi connectivity index (χ3v) is 3.72. The highest BCUT2D eigenvalue weighted by molar-refractivity contribution is 5.67. The number of carbonyl (C=O) groups is 1. The van der Waals surface area contributed by atoms with Crippen LogP contribution >= 0.6 is 0 Å². The zero-order chi connectivity index (χ0) is 16.7. The summed E-state index contributed by atoms with van der Waals surface area (Å²) in [6, 6.07) is 13.5. The van der Waals surface area contributed by atoms with Crippen LogP contribution in [0.15, 0.2) is 42.5 Å². The molecule has 23 heavy (non-hydrogen) atoms. The zero-order valence-corrected chi connectivity index (χ0v) is 13.5. The number of carboxylic acid groups (broad SMARTS) is 1. The van der Waals surface area contributed by atoms with Crippen molar-refractivity contribution in [1.29, 1.82) is 0 Å². The summed E-state index contributed by atoms with van der Waals surface area (Å²) in [7, 11) is 0. The van der Waals surface area contributed by atoms with Crippen LogP contribution in [-0.4, -0.2) is 24.3 Å². The van der Waals surface area contributed by atoms with E-state index in [4.69, 9.17) is 14.6 Å². The molecule has 0 bridgehead atoms. The number of aryl methyl sites for hydroxylation is 2. The van der Waals surface area contributed by atoms with Gasteiger partial charge in [-0.3, -0.25) is 4.79 Å². The first kappa shape index (κ1) is 16.9. The minimum atomic E-state index is -0.783. The summed E-state index contributed by atoms with van der Waals surface area (Å²) < 4.78 is 11.4. The third-order valence-electron chi connectivity index (χ3n) is 3.72. The molecule has 2 aromatic rings. The molecule has 0 spiro atoms. The van der Waals surface area contributed by atoms with Crippen LogP contribution in [0.4, 0.5) is 0 Å². The maximum Gasteiger partial charge on any atom is 0.303 e. The molecule has 0 atom stereocenters. The lowest BCUT2D eigenvalue weighted by molar-refractivity contribution is -0.136. The quantitative estimate of drug-likeness (QED) is 0.753. The topological polar surface area (TPSA) is 55.8 Å². The third kappa shape index (κ3) is 5.33. The monoisotopic (exact) mass is 314 g/mol. The van der Waals surface area contributed by atoms with Gasteiger partial charge in [0.1, 0.15) is 24.7 Å². The highest BCUT2D eigenvalue weighted by Crippen LogP contribution is 2.20. The van der Waals surface area contributed by atoms with Crippen LogP contribution in [0.5, 0.6) is 11.5 Å². The Kier molecular flexibility index (Phi) is 6.03. The predicted molar refractivity (Wildman–Crippen MR) is 89.3 cm³/mol. The van der Waals surface area contributed by atoms with Crippen molar-refractivity contribution in [3.8, 4) is 11.5 Å². The van der Waals surface area contributed by atoms with Crippen molar-refractivity contribution in [2.75, 3.05) is 13.2 Å². The zero-order valence-electron chi connectivity index (χ0n) is 13.5. The van der Waals surface area contributed by atoms with E-state index >= 15 is 0 Å². The van der Waals surface area contributed by atoms with Gasteiger partial charge < -0.3 is 14.6 Å². The molecule has 0 amide bonds. The minimum absolute atomic E-state index is 0.143. The van der Waals surface area contributed by atoms with E-state index in [1.54, 1.807) is 0 Å². The SMILES string of the molecule is Cc1cccc(OCCOc2ccc(CCC(=O)O)cc2)c1C. The Hall–Kier alpha value is -2.49. The Balaban J connectivity index is 1.76. The number of benzene rings is 2. The number of hydrogen-bond donors (Lipinski definition) is 1. The van der Waals surface area contributed by atoms with Gasteiger partial charge >= 0.3 is 5.97 Å². The summed E-state index contributed by atoms with van der Waals surface area (Å²) >= 11 is 0. The summed E-state index contributed by atoms with van der Waals surface area (Å²) in [6.07, 6.45) is 0.676. The summed E-state index contributed by atoms with van der Waals surface area (Å²) in [6.45, 7) is 5.04. The van der Waals surface area contributed by atoms with Crippen molar-refractivity contribution in [2.45, 2.75) is 26.7 Å². The summed E-state index contributed by atoms with van der Waals surface area (Å²) in [5, 5.41) is 8.66. The van der Waals surface area contributed by atoms with Gasteiger partial charge in [-0.25, -0.2) is 0 Å². The predicted octanol–water partition coefficient (Wildman–Crippen LogP) is 3.78. The molecule has 0 fully saturated rings. The molecule has 122 valence electrons. The molecule has 4 nitrogen and oxygen atoms in total. The lowest BCUT2D eigenvalue weighted by Crippen LogP contribution is -2.09. The van der Waals surface area contributed by atoms with Gasteiger partial charge in [0.15, 0.2) is 0 Å². The average Bonchev–Trinajstić information content (AvgIpc) is 2.54. The van der Waals surface area contributed by atoms with Gasteiger partial charge in [-0.05, 0) is 55.2 Å². The fraction of sp³-hybridized carbons (Fsp3) is 0.316. The first-order valence-corrected chi connectivity index (χ1v) is 7.69. The minimum Gasteiger partial charge on any atom is -0.490 e. The first-order chi connectivity index (χ1) is 11.1. The van der Waals surface area contributed by atoms with E-state index in [1.807, 2.05) is 43.3 Å². The van der Waals surface area contributed by atoms with E-state index in [0.29, 0.717) is 19.6 Å². The molecule has 0 aromatic heterocycles. The molecular formula is C19H22O4. The number of rotatable bonds is 8. The van der Waals surface area contributed by atoms with Crippen molar-refractivity contribution >= 4 is 5.97 Å². The Morgan fingerprint density at radius 2 is 1.70 bits per heavy atom. The van der Waals surface area contributed by atoms with Crippen LogP contribution in [0.25, 0.3) is 0 Å². The lowest BCUT2D eigenvalue weighted by atomic mass is 10.1. The number of hydrogen-bond acceptors (Lipinski definition) is 3. The van der Waals surface area contributed by atoms with Crippen molar-refractivity contribution in [3.05, 3.63) is 59.2 Å². The van der Waals surface area contributed by atoms with E-state index in [0.717, 1.165) is 22.6 Å². The normalized spacial score (nSPS) is 10.3. The standard InChI is InChI=1S/C19H22O4/c1-14-4-3-5-18(15(14)2)23-13-12-22-17-9-6-16(7-10-17)8-11-19(20)21/h3-7,9-10H,8,11-13H2,1-2H3,(H,20,21). The molecule has 0 heterocycles. The van der Waals surface area contributed by atoms with Gasteiger partial charge in [-0.15, -0.1) is 0 Å². The van der Waals surface area contributed by atoms with Crippen LogP contribution in [0.2, 0.25) is 0 Å². The van der Waals surface area contributed by atoms with Crippen LogP contribution in [0, 0.1) is 13.8 Å². The van der Waals surface area contributed by atoms with Gasteiger partial charge in [-0.2, -0.15) is 0 Å². The average molecular weight is 314 g/mol. The van der Waals surface area contributed by atoms with Crippen molar-refractivity contribution in [2.24, 2.45) is 0 Å². The second-order valence-electron chi connectivity index (χ2n) is 5.43. The van der Waals surface area contributed by atoms with E-state index in [2.05, 4.69) is 13.0 Å². The summed E-state index contributed by atoms with van der Waals surface area (Å²) in [4.78, 5) is 10.5. The highest BCUT2D eigenvalue weighted by atomic mass is 16.5. The van der Waals surface area contributed by atoms with Gasteiger partial charge in [-0.1, -0.05) is 24.3 Å². The molecule has 0 unspecified atom stereocenters. The molecule has 2 aromatic carbocycles. The smallest absolute Gasteiger partial charge is 0.303 e. The number of aliphatic carboxylic acids is 1. The van der Waals surface area contributed by atoms with Gasteiger partial charge in [0.05, 0.1) is 0 Å². The molecule has 0 aliphatic rings. The first-order valence-electron chi connectivity index (χ1n) is 7.69. The van der Waals surface area contributed by atoms with Gasteiger partial charge in [0, 0.05) is 6.42 Å². The molecule has 0 aliphatic carbocycles. The van der Waals surface area contributed by atoms with Crippen LogP contribution in [0.3, 0.4) is 0 Å². The maximum absolute atomic E-state index is 10.5. The summed E-state index contributed by atoms with van der Waals surface area (Å²) in [5.74, 6) is 0.861. The van der Waals surface area contributed by atoms with E-state index in [9.17, 15) is 4.79 Å². The molecule has 4 heteroatoms. The van der Waals surface area contributed by atoms with Crippen molar-refractivity contribution in [1.82, 2.24) is 0 Å². The Morgan fingerprint density at radius 3 is 2.39 bits per heavy atom. The van der Waals surface area contributed by atoms with Gasteiger partial charge in [0.2, 0.25) is 0 Å². The van der Waals surface area contributed by atoms with Crippen LogP contribution < -0.4 is 9.47 Å². The molecular weight excluding hydrogens is 292 g/mol. The molecule has 0 saturated carbocycles. The Morgan fingerprint density at radius 1 is 1.00 bits per heavy atom. The fourth-order valence-corrected chi connectivity index (χ4v) is 2.20. The Labute approximate surface area is 136 Å². The van der Waals surface area contributed by atoms with Crippen LogP contribution in [0.1, 0.15) is 23.1 Å². The van der Waals surface area contributed by atoms with E-state index in [1.165, 1.54) is 5.56 Å². The van der Waals surface area contributed by atoms with Crippen molar-refractivity contribution in [3.63, 3.8) is 0 Å². The summed E-state index contributed by atoms with van der Waals surface area (Å²) in [5.41, 5.74) is 3.35. The largest absolute Gasteiger partial charge is 0.490 e. The second-order valence-corrected chi connectivity index (χ2v) is 5.43. The molecule has 0 saturated heterocycles. The van der Waals surface area contributed by atoms with Crippen LogP contribution in [-0.2, 0) is 11.2 Å². The molecule has 2 rings (SSSR count). The van der Waals surface area contributed by atoms with E-state index < -0.39 is 5.97 Å². The highest BCUT2D eigenvalue weighted by Gasteiger charge is 2.02. The Bertz CT molecular complexity index is 647. The molecule has 0 radical (unpaired) electrons. The number of carboxylic acids is 1. The maximum atomic E-state index is 10.5.